The van der Waals surface area contributed by atoms with Gasteiger partial charge in [0.15, 0.2) is 11.8 Å². The Morgan fingerprint density at radius 3 is 2.42 bits per heavy atom. The van der Waals surface area contributed by atoms with Gasteiger partial charge in [-0.25, -0.2) is 14.6 Å². The number of nitriles is 1. The predicted molar refractivity (Wildman–Crippen MR) is 137 cm³/mol. The van der Waals surface area contributed by atoms with Gasteiger partial charge in [-0.3, -0.25) is 9.69 Å². The maximum atomic E-state index is 14.1. The van der Waals surface area contributed by atoms with Crippen LogP contribution in [0.3, 0.4) is 0 Å². The number of nitrogens with zero attached hydrogens (tertiary/aromatic N) is 4. The molecule has 2 aliphatic heterocycles. The molecule has 0 aromatic heterocycles. The molecule has 4 rings (SSSR count). The van der Waals surface area contributed by atoms with Crippen molar-refractivity contribution >= 4 is 29.4 Å². The first-order valence-electron chi connectivity index (χ1n) is 12.3. The molecule has 0 spiro atoms. The molecule has 2 amide bonds. The number of carbonyl (C=O) groups is 3. The molecule has 0 saturated carbocycles. The Kier molecular flexibility index (Phi) is 7.68. The lowest BCUT2D eigenvalue weighted by Gasteiger charge is -2.43. The number of urea groups is 1. The van der Waals surface area contributed by atoms with Crippen LogP contribution in [0.25, 0.3) is 0 Å². The Balaban J connectivity index is 1.94. The van der Waals surface area contributed by atoms with Gasteiger partial charge in [0.1, 0.15) is 6.61 Å². The van der Waals surface area contributed by atoms with Crippen LogP contribution in [0.1, 0.15) is 43.5 Å². The lowest BCUT2D eigenvalue weighted by molar-refractivity contribution is -0.139. The molecule has 0 bridgehead atoms. The summed E-state index contributed by atoms with van der Waals surface area (Å²) in [6, 6.07) is 9.44. The number of alkyl halides is 3. The molecule has 2 atom stereocenters. The van der Waals surface area contributed by atoms with Gasteiger partial charge in [-0.05, 0) is 42.8 Å². The first-order valence-corrected chi connectivity index (χ1v) is 12.3. The third-order valence-corrected chi connectivity index (χ3v) is 6.62. The van der Waals surface area contributed by atoms with Crippen molar-refractivity contribution in [2.24, 2.45) is 10.9 Å². The number of carboxylic acid groups (broad SMARTS) is 1. The van der Waals surface area contributed by atoms with Crippen LogP contribution < -0.4 is 4.90 Å². The lowest BCUT2D eigenvalue weighted by atomic mass is 9.86. The van der Waals surface area contributed by atoms with E-state index in [1.165, 1.54) is 36.1 Å². The lowest BCUT2D eigenvalue weighted by Crippen LogP contribution is -2.52. The van der Waals surface area contributed by atoms with E-state index in [1.54, 1.807) is 26.0 Å². The number of aliphatic imine (C=N–C) groups is 1. The molecule has 0 saturated heterocycles. The van der Waals surface area contributed by atoms with E-state index in [4.69, 9.17) is 4.74 Å². The second-order valence-electron chi connectivity index (χ2n) is 9.64. The van der Waals surface area contributed by atoms with E-state index in [2.05, 4.69) is 4.99 Å². The quantitative estimate of drug-likeness (QED) is 0.517. The molecule has 1 N–H and O–H groups in total. The van der Waals surface area contributed by atoms with Crippen molar-refractivity contribution in [2.75, 3.05) is 18.1 Å². The highest BCUT2D eigenvalue weighted by Gasteiger charge is 2.44. The molecule has 2 unspecified atom stereocenters. The van der Waals surface area contributed by atoms with Crippen LogP contribution in [0.2, 0.25) is 0 Å². The number of benzene rings is 2. The number of Topliss-reactive ketones (excluding diaryl/α,β-unsaturated/α-hetero) is 1. The molecule has 9 nitrogen and oxygen atoms in total. The van der Waals surface area contributed by atoms with Gasteiger partial charge in [0.25, 0.3) is 0 Å². The summed E-state index contributed by atoms with van der Waals surface area (Å²) in [6.45, 7) is 4.21. The number of allylic oxidation sites excluding steroid dienone is 1. The van der Waals surface area contributed by atoms with Gasteiger partial charge in [0, 0.05) is 17.2 Å². The molecular formula is C28H25F3N4O5. The molecule has 40 heavy (non-hydrogen) atoms. The van der Waals surface area contributed by atoms with Crippen LogP contribution in [0.15, 0.2) is 64.8 Å². The van der Waals surface area contributed by atoms with Gasteiger partial charge in [-0.15, -0.1) is 0 Å². The van der Waals surface area contributed by atoms with E-state index in [0.717, 1.165) is 17.0 Å². The highest BCUT2D eigenvalue weighted by Crippen LogP contribution is 2.42. The smallest absolute Gasteiger partial charge is 0.416 e. The summed E-state index contributed by atoms with van der Waals surface area (Å²) in [7, 11) is 0. The molecular weight excluding hydrogens is 529 g/mol. The first kappa shape index (κ1) is 28.4. The maximum Gasteiger partial charge on any atom is 0.416 e. The zero-order chi connectivity index (χ0) is 29.4. The predicted octanol–water partition coefficient (Wildman–Crippen LogP) is 4.94. The zero-order valence-corrected chi connectivity index (χ0v) is 21.8. The topological polar surface area (TPSA) is 123 Å². The fourth-order valence-corrected chi connectivity index (χ4v) is 4.63. The molecule has 2 heterocycles. The van der Waals surface area contributed by atoms with Crippen LogP contribution in [0.5, 0.6) is 0 Å². The molecule has 2 aliphatic rings. The normalized spacial score (nSPS) is 19.4. The van der Waals surface area contributed by atoms with E-state index in [1.807, 2.05) is 6.07 Å². The Hall–Kier alpha value is -4.66. The van der Waals surface area contributed by atoms with E-state index < -0.39 is 41.7 Å². The number of ketones is 1. The fraction of sp³-hybridized carbons (Fsp3) is 0.321. The summed E-state index contributed by atoms with van der Waals surface area (Å²) in [5.74, 6) is -2.18. The standard InChI is InChI=1S/C28H25F3N4O5/c1-15(2)25(36)23-16(3)35(20-6-4-5-19(11-20)28(29,30)31)27(39)34(13-22-33-21(14-40-22)26(37)38)24(23)18-9-7-17(12-32)8-10-18/h4-11,15,21,24H,13-14H2,1-3H3,(H,37,38). The Morgan fingerprint density at radius 1 is 1.20 bits per heavy atom. The summed E-state index contributed by atoms with van der Waals surface area (Å²) < 4.78 is 46.1. The zero-order valence-electron chi connectivity index (χ0n) is 21.8. The molecule has 2 aromatic carbocycles. The summed E-state index contributed by atoms with van der Waals surface area (Å²) >= 11 is 0. The number of hydrogen-bond acceptors (Lipinski definition) is 6. The van der Waals surface area contributed by atoms with Crippen molar-refractivity contribution in [1.29, 1.82) is 5.26 Å². The van der Waals surface area contributed by atoms with Crippen LogP contribution in [0, 0.1) is 17.2 Å². The number of halogens is 3. The van der Waals surface area contributed by atoms with Gasteiger partial charge in [0.2, 0.25) is 5.90 Å². The minimum atomic E-state index is -4.67. The third-order valence-electron chi connectivity index (χ3n) is 6.62. The van der Waals surface area contributed by atoms with Crippen LogP contribution in [0.4, 0.5) is 23.7 Å². The minimum Gasteiger partial charge on any atom is -0.480 e. The maximum absolute atomic E-state index is 14.1. The van der Waals surface area contributed by atoms with Crippen molar-refractivity contribution in [3.05, 3.63) is 76.5 Å². The summed E-state index contributed by atoms with van der Waals surface area (Å²) in [5.41, 5.74) is 0.0284. The molecule has 12 heteroatoms. The Morgan fingerprint density at radius 2 is 1.88 bits per heavy atom. The summed E-state index contributed by atoms with van der Waals surface area (Å²) in [5, 5.41) is 18.6. The number of hydrogen-bond donors (Lipinski definition) is 1. The van der Waals surface area contributed by atoms with E-state index in [0.29, 0.717) is 11.1 Å². The largest absolute Gasteiger partial charge is 0.480 e. The fourth-order valence-electron chi connectivity index (χ4n) is 4.63. The van der Waals surface area contributed by atoms with Crippen LogP contribution in [-0.2, 0) is 20.5 Å². The van der Waals surface area contributed by atoms with Crippen molar-refractivity contribution in [3.8, 4) is 6.07 Å². The summed E-state index contributed by atoms with van der Waals surface area (Å²) in [4.78, 5) is 45.4. The monoisotopic (exact) mass is 554 g/mol. The Labute approximate surface area is 227 Å². The van der Waals surface area contributed by atoms with Crippen molar-refractivity contribution in [3.63, 3.8) is 0 Å². The number of anilines is 1. The molecule has 0 radical (unpaired) electrons. The number of carbonyl (C=O) groups excluding carboxylic acids is 2. The van der Waals surface area contributed by atoms with Crippen molar-refractivity contribution < 1.29 is 37.4 Å². The SMILES string of the molecule is CC1=C(C(=O)C(C)C)C(c2ccc(C#N)cc2)N(CC2=NC(C(=O)O)CO2)C(=O)N1c1cccc(C(F)(F)F)c1. The number of aliphatic carboxylic acids is 1. The number of rotatable bonds is 7. The van der Waals surface area contributed by atoms with Gasteiger partial charge in [0.05, 0.1) is 35.5 Å². The van der Waals surface area contributed by atoms with E-state index in [9.17, 15) is 37.9 Å². The summed E-state index contributed by atoms with van der Waals surface area (Å²) in [6.07, 6.45) is -4.67. The molecule has 2 aromatic rings. The molecule has 0 fully saturated rings. The Bertz CT molecular complexity index is 1460. The average Bonchev–Trinajstić information content (AvgIpc) is 3.38. The second-order valence-corrected chi connectivity index (χ2v) is 9.64. The number of ether oxygens (including phenoxy) is 1. The van der Waals surface area contributed by atoms with E-state index in [-0.39, 0.29) is 41.8 Å². The van der Waals surface area contributed by atoms with Crippen LogP contribution in [-0.4, -0.2) is 52.9 Å². The highest BCUT2D eigenvalue weighted by atomic mass is 19.4. The van der Waals surface area contributed by atoms with Crippen LogP contribution >= 0.6 is 0 Å². The van der Waals surface area contributed by atoms with Crippen molar-refractivity contribution in [1.82, 2.24) is 4.90 Å². The van der Waals surface area contributed by atoms with Crippen molar-refractivity contribution in [2.45, 2.75) is 39.0 Å². The molecule has 208 valence electrons. The van der Waals surface area contributed by atoms with Gasteiger partial charge in [-0.2, -0.15) is 18.4 Å². The first-order chi connectivity index (χ1) is 18.8. The minimum absolute atomic E-state index is 0.0701. The van der Waals surface area contributed by atoms with E-state index >= 15 is 0 Å². The highest BCUT2D eigenvalue weighted by molar-refractivity contribution is 6.07. The average molecular weight is 555 g/mol. The third kappa shape index (κ3) is 5.40. The van der Waals surface area contributed by atoms with Gasteiger partial charge < -0.3 is 14.7 Å². The number of carboxylic acids is 1. The second kappa shape index (κ2) is 10.8. The van der Waals surface area contributed by atoms with Gasteiger partial charge in [-0.1, -0.05) is 32.0 Å². The molecule has 0 aliphatic carbocycles. The number of amides is 2. The van der Waals surface area contributed by atoms with Gasteiger partial charge >= 0.3 is 18.2 Å².